The largest absolute Gasteiger partial charge is 0.435 e. The van der Waals surface area contributed by atoms with Gasteiger partial charge in [-0.05, 0) is 48.4 Å². The van der Waals surface area contributed by atoms with E-state index in [1.807, 2.05) is 0 Å². The summed E-state index contributed by atoms with van der Waals surface area (Å²) < 4.78 is 82.3. The van der Waals surface area contributed by atoms with E-state index < -0.39 is 47.6 Å². The van der Waals surface area contributed by atoms with Crippen LogP contribution in [0, 0.1) is 6.92 Å². The van der Waals surface area contributed by atoms with Crippen molar-refractivity contribution in [2.75, 3.05) is 0 Å². The average Bonchev–Trinajstić information content (AvgIpc) is 3.39. The molecule has 0 saturated carbocycles. The number of alkyl halides is 6. The Morgan fingerprint density at radius 3 is 2.44 bits per heavy atom. The van der Waals surface area contributed by atoms with Gasteiger partial charge in [0.15, 0.2) is 5.17 Å². The second-order valence-electron chi connectivity index (χ2n) is 8.13. The summed E-state index contributed by atoms with van der Waals surface area (Å²) in [5.41, 5.74) is -4.45. The molecule has 2 aliphatic rings. The number of benzene rings is 2. The van der Waals surface area contributed by atoms with Crippen LogP contribution in [0.1, 0.15) is 45.5 Å². The number of amides is 1. The van der Waals surface area contributed by atoms with Crippen molar-refractivity contribution < 1.29 is 40.8 Å². The maximum absolute atomic E-state index is 14.2. The van der Waals surface area contributed by atoms with E-state index in [1.165, 1.54) is 18.2 Å². The lowest BCUT2D eigenvalue weighted by Gasteiger charge is -2.30. The molecule has 0 radical (unpaired) electrons. The minimum Gasteiger partial charge on any atom is -0.374 e. The van der Waals surface area contributed by atoms with Gasteiger partial charge in [0.05, 0.1) is 17.7 Å². The molecule has 2 aromatic rings. The van der Waals surface area contributed by atoms with Gasteiger partial charge in [-0.25, -0.2) is 0 Å². The molecular weight excluding hydrogens is 584 g/mol. The van der Waals surface area contributed by atoms with Crippen LogP contribution in [0.15, 0.2) is 51.2 Å². The second-order valence-corrected chi connectivity index (χ2v) is 9.48. The minimum atomic E-state index is -5.10. The number of hydrogen-bond donors (Lipinski definition) is 1. The average molecular weight is 599 g/mol. The Bertz CT molecular complexity index is 1280. The number of oxime groups is 2. The van der Waals surface area contributed by atoms with E-state index >= 15 is 0 Å². The first-order valence-corrected chi connectivity index (χ1v) is 11.4. The summed E-state index contributed by atoms with van der Waals surface area (Å²) in [5.74, 6) is -0.520. The van der Waals surface area contributed by atoms with E-state index in [9.17, 15) is 31.1 Å². The van der Waals surface area contributed by atoms with Crippen molar-refractivity contribution in [3.63, 3.8) is 0 Å². The number of hydrogen-bond acceptors (Lipinski definition) is 5. The van der Waals surface area contributed by atoms with E-state index in [0.717, 1.165) is 6.07 Å². The third kappa shape index (κ3) is 5.03. The quantitative estimate of drug-likeness (QED) is 0.415. The molecule has 1 unspecified atom stereocenters. The molecule has 0 aliphatic carbocycles. The highest BCUT2D eigenvalue weighted by Gasteiger charge is 2.62. The van der Waals surface area contributed by atoms with Crippen molar-refractivity contribution in [3.8, 4) is 0 Å². The lowest BCUT2D eigenvalue weighted by atomic mass is 9.85. The first kappa shape index (κ1) is 26.3. The van der Waals surface area contributed by atoms with Crippen LogP contribution in [0.5, 0.6) is 0 Å². The van der Waals surface area contributed by atoms with Gasteiger partial charge in [-0.1, -0.05) is 43.9 Å². The van der Waals surface area contributed by atoms with E-state index in [1.54, 1.807) is 6.92 Å². The number of rotatable bonds is 4. The van der Waals surface area contributed by atoms with Crippen LogP contribution in [0.4, 0.5) is 26.3 Å². The molecule has 2 aliphatic heterocycles. The molecule has 2 aromatic carbocycles. The van der Waals surface area contributed by atoms with Crippen molar-refractivity contribution >= 4 is 44.3 Å². The molecule has 1 amide bonds. The number of halogens is 8. The van der Waals surface area contributed by atoms with Crippen molar-refractivity contribution in [1.82, 2.24) is 5.32 Å². The summed E-state index contributed by atoms with van der Waals surface area (Å²) in [6, 6.07) is 6.18. The maximum atomic E-state index is 14.2. The van der Waals surface area contributed by atoms with Crippen molar-refractivity contribution in [1.29, 1.82) is 0 Å². The van der Waals surface area contributed by atoms with Crippen LogP contribution < -0.4 is 5.32 Å². The summed E-state index contributed by atoms with van der Waals surface area (Å²) in [6.07, 6.45) is -11.4. The molecule has 6 nitrogen and oxygen atoms in total. The highest BCUT2D eigenvalue weighted by molar-refractivity contribution is 9.10. The SMILES string of the molecule is Cc1cc(C2=NO[C@@](c3cc(Br)cc(C(F)(F)F)c3)(C(F)(F)F)C2)ccc1C(=O)NC1CC(Cl)=NO1. The molecule has 0 bridgehead atoms. The van der Waals surface area contributed by atoms with Crippen LogP contribution in [0.3, 0.4) is 0 Å². The van der Waals surface area contributed by atoms with E-state index in [4.69, 9.17) is 21.3 Å². The first-order chi connectivity index (χ1) is 16.7. The molecule has 0 spiro atoms. The van der Waals surface area contributed by atoms with E-state index in [2.05, 4.69) is 31.6 Å². The zero-order valence-corrected chi connectivity index (χ0v) is 20.4. The number of nitrogens with one attached hydrogen (secondary N) is 1. The zero-order valence-electron chi connectivity index (χ0n) is 18.1. The van der Waals surface area contributed by atoms with Crippen LogP contribution in [0.2, 0.25) is 0 Å². The number of carbonyl (C=O) groups excluding carboxylic acids is 1. The van der Waals surface area contributed by atoms with Gasteiger partial charge < -0.3 is 15.0 Å². The number of aryl methyl sites for hydroxylation is 1. The van der Waals surface area contributed by atoms with Gasteiger partial charge in [0, 0.05) is 22.0 Å². The Morgan fingerprint density at radius 2 is 1.86 bits per heavy atom. The Labute approximate surface area is 213 Å². The van der Waals surface area contributed by atoms with Crippen LogP contribution in [0.25, 0.3) is 0 Å². The number of nitrogens with zero attached hydrogens (tertiary/aromatic N) is 2. The van der Waals surface area contributed by atoms with Crippen molar-refractivity contribution in [2.24, 2.45) is 10.3 Å². The predicted molar refractivity (Wildman–Crippen MR) is 121 cm³/mol. The second kappa shape index (κ2) is 9.25. The molecule has 2 atom stereocenters. The summed E-state index contributed by atoms with van der Waals surface area (Å²) >= 11 is 8.56. The predicted octanol–water partition coefficient (Wildman–Crippen LogP) is 6.39. The van der Waals surface area contributed by atoms with Gasteiger partial charge >= 0.3 is 12.4 Å². The van der Waals surface area contributed by atoms with Gasteiger partial charge in [-0.2, -0.15) is 26.3 Å². The van der Waals surface area contributed by atoms with Gasteiger partial charge in [-0.15, -0.1) is 0 Å². The minimum absolute atomic E-state index is 0.143. The Balaban J connectivity index is 1.61. The Kier molecular flexibility index (Phi) is 6.75. The molecule has 14 heteroatoms. The van der Waals surface area contributed by atoms with Crippen molar-refractivity contribution in [2.45, 2.75) is 43.9 Å². The van der Waals surface area contributed by atoms with Crippen LogP contribution in [-0.2, 0) is 21.5 Å². The molecule has 4 rings (SSSR count). The van der Waals surface area contributed by atoms with Crippen molar-refractivity contribution in [3.05, 3.63) is 68.7 Å². The molecule has 0 saturated heterocycles. The molecule has 2 heterocycles. The molecule has 192 valence electrons. The number of carbonyl (C=O) groups is 1. The highest BCUT2D eigenvalue weighted by Crippen LogP contribution is 2.50. The normalized spacial score (nSPS) is 22.0. The van der Waals surface area contributed by atoms with Crippen LogP contribution in [-0.4, -0.2) is 29.2 Å². The zero-order chi connectivity index (χ0) is 26.5. The maximum Gasteiger partial charge on any atom is 0.435 e. The van der Waals surface area contributed by atoms with E-state index in [-0.39, 0.29) is 32.9 Å². The van der Waals surface area contributed by atoms with E-state index in [0.29, 0.717) is 17.7 Å². The lowest BCUT2D eigenvalue weighted by molar-refractivity contribution is -0.276. The summed E-state index contributed by atoms with van der Waals surface area (Å²) in [7, 11) is 0. The fraction of sp³-hybridized carbons (Fsp3) is 0.318. The molecule has 0 aromatic heterocycles. The fourth-order valence-corrected chi connectivity index (χ4v) is 4.47. The highest BCUT2D eigenvalue weighted by atomic mass is 79.9. The monoisotopic (exact) mass is 597 g/mol. The molecular formula is C22H15BrClF6N3O3. The Hall–Kier alpha value is -2.80. The first-order valence-electron chi connectivity index (χ1n) is 10.2. The molecule has 1 N–H and O–H groups in total. The topological polar surface area (TPSA) is 72.3 Å². The third-order valence-corrected chi connectivity index (χ3v) is 6.29. The fourth-order valence-electron chi connectivity index (χ4n) is 3.79. The van der Waals surface area contributed by atoms with Crippen LogP contribution >= 0.6 is 27.5 Å². The third-order valence-electron chi connectivity index (χ3n) is 5.61. The van der Waals surface area contributed by atoms with Gasteiger partial charge in [0.25, 0.3) is 11.5 Å². The molecule has 36 heavy (non-hydrogen) atoms. The van der Waals surface area contributed by atoms with Gasteiger partial charge in [0.1, 0.15) is 0 Å². The summed E-state index contributed by atoms with van der Waals surface area (Å²) in [6.45, 7) is 1.56. The standard InChI is InChI=1S/C22H15BrClF6N3O3/c1-10-4-11(2-3-15(10)19(34)31-18-8-17(24)33-35-18)16-9-20(36-32-16,22(28,29)30)12-5-13(21(25,26)27)7-14(23)6-12/h2-7,18H,8-9H2,1H3,(H,31,34)/t18?,20-/m0/s1. The van der Waals surface area contributed by atoms with Gasteiger partial charge in [-0.3, -0.25) is 4.79 Å². The summed E-state index contributed by atoms with van der Waals surface area (Å²) in [5, 5.41) is 9.86. The molecule has 0 fully saturated rings. The van der Waals surface area contributed by atoms with Gasteiger partial charge in [0.2, 0.25) is 6.23 Å². The Morgan fingerprint density at radius 1 is 1.14 bits per heavy atom. The lowest BCUT2D eigenvalue weighted by Crippen LogP contribution is -2.43. The summed E-state index contributed by atoms with van der Waals surface area (Å²) in [4.78, 5) is 22.3. The smallest absolute Gasteiger partial charge is 0.374 e.